The van der Waals surface area contributed by atoms with Crippen LogP contribution in [0.1, 0.15) is 26.1 Å². The summed E-state index contributed by atoms with van der Waals surface area (Å²) >= 11 is 0. The largest absolute Gasteiger partial charge is 0.356 e. The van der Waals surface area contributed by atoms with E-state index >= 15 is 0 Å². The van der Waals surface area contributed by atoms with E-state index in [2.05, 4.69) is 64.1 Å². The zero-order valence-electron chi connectivity index (χ0n) is 13.8. The van der Waals surface area contributed by atoms with Gasteiger partial charge < -0.3 is 15.2 Å². The second kappa shape index (κ2) is 8.97. The van der Waals surface area contributed by atoms with E-state index in [-0.39, 0.29) is 24.0 Å². The molecule has 2 aromatic rings. The Morgan fingerprint density at radius 2 is 2.05 bits per heavy atom. The van der Waals surface area contributed by atoms with Gasteiger partial charge in [0.05, 0.1) is 11.0 Å². The van der Waals surface area contributed by atoms with Crippen molar-refractivity contribution in [1.82, 2.24) is 20.2 Å². The van der Waals surface area contributed by atoms with E-state index in [1.54, 1.807) is 7.05 Å². The van der Waals surface area contributed by atoms with E-state index in [4.69, 9.17) is 0 Å². The van der Waals surface area contributed by atoms with Gasteiger partial charge in [0.2, 0.25) is 0 Å². The second-order valence-electron chi connectivity index (χ2n) is 5.45. The van der Waals surface area contributed by atoms with E-state index in [9.17, 15) is 0 Å². The molecule has 0 atom stereocenters. The molecule has 0 bridgehead atoms. The van der Waals surface area contributed by atoms with Crippen molar-refractivity contribution in [3.8, 4) is 0 Å². The fourth-order valence-electron chi connectivity index (χ4n) is 2.39. The van der Waals surface area contributed by atoms with Gasteiger partial charge >= 0.3 is 0 Å². The number of fused-ring (bicyclic) bond motifs is 1. The Bertz CT molecular complexity index is 618. The number of para-hydroxylation sites is 2. The van der Waals surface area contributed by atoms with Crippen molar-refractivity contribution >= 4 is 41.0 Å². The number of hydrogen-bond donors (Lipinski definition) is 2. The molecule has 2 N–H and O–H groups in total. The Morgan fingerprint density at radius 3 is 2.73 bits per heavy atom. The van der Waals surface area contributed by atoms with Crippen molar-refractivity contribution in [2.45, 2.75) is 39.8 Å². The fourth-order valence-corrected chi connectivity index (χ4v) is 2.39. The van der Waals surface area contributed by atoms with Gasteiger partial charge in [0.25, 0.3) is 0 Å². The van der Waals surface area contributed by atoms with E-state index in [1.165, 1.54) is 5.52 Å². The average Bonchev–Trinajstić information content (AvgIpc) is 2.77. The zero-order chi connectivity index (χ0) is 15.2. The molecule has 0 saturated heterocycles. The molecule has 0 saturated carbocycles. The standard InChI is InChI=1S/C16H25N5.HI/c1-12(2)19-16(17-4)18-10-7-11-21-13(3)20-14-8-5-6-9-15(14)21;/h5-6,8-9,12H,7,10-11H2,1-4H3,(H2,17,18,19);1H. The summed E-state index contributed by atoms with van der Waals surface area (Å²) in [5.74, 6) is 1.93. The average molecular weight is 415 g/mol. The first kappa shape index (κ1) is 18.7. The van der Waals surface area contributed by atoms with Gasteiger partial charge in [-0.2, -0.15) is 0 Å². The molecule has 0 amide bonds. The van der Waals surface area contributed by atoms with Crippen LogP contribution in [-0.4, -0.2) is 35.1 Å². The number of nitrogens with zero attached hydrogens (tertiary/aromatic N) is 3. The molecule has 0 radical (unpaired) electrons. The number of aromatic nitrogens is 2. The first-order valence-corrected chi connectivity index (χ1v) is 7.51. The number of rotatable bonds is 5. The number of benzene rings is 1. The molecule has 6 heteroatoms. The topological polar surface area (TPSA) is 54.2 Å². The molecule has 122 valence electrons. The highest BCUT2D eigenvalue weighted by molar-refractivity contribution is 14.0. The quantitative estimate of drug-likeness (QED) is 0.342. The Morgan fingerprint density at radius 1 is 1.32 bits per heavy atom. The summed E-state index contributed by atoms with van der Waals surface area (Å²) < 4.78 is 2.27. The molecule has 0 aliphatic carbocycles. The Hall–Kier alpha value is -1.31. The van der Waals surface area contributed by atoms with Crippen LogP contribution in [0.25, 0.3) is 11.0 Å². The van der Waals surface area contributed by atoms with Crippen LogP contribution >= 0.6 is 24.0 Å². The monoisotopic (exact) mass is 415 g/mol. The second-order valence-corrected chi connectivity index (χ2v) is 5.45. The minimum absolute atomic E-state index is 0. The predicted molar refractivity (Wildman–Crippen MR) is 104 cm³/mol. The summed E-state index contributed by atoms with van der Waals surface area (Å²) in [5, 5.41) is 6.62. The number of halogens is 1. The van der Waals surface area contributed by atoms with Gasteiger partial charge in [0.15, 0.2) is 5.96 Å². The van der Waals surface area contributed by atoms with Gasteiger partial charge in [-0.3, -0.25) is 4.99 Å². The normalized spacial score (nSPS) is 11.6. The third kappa shape index (κ3) is 4.86. The lowest BCUT2D eigenvalue weighted by molar-refractivity contribution is 0.618. The molecule has 0 spiro atoms. The molecular weight excluding hydrogens is 389 g/mol. The first-order valence-electron chi connectivity index (χ1n) is 7.51. The van der Waals surface area contributed by atoms with Crippen molar-refractivity contribution in [2.24, 2.45) is 4.99 Å². The summed E-state index contributed by atoms with van der Waals surface area (Å²) in [6, 6.07) is 8.67. The molecule has 0 fully saturated rings. The van der Waals surface area contributed by atoms with E-state index in [0.29, 0.717) is 6.04 Å². The lowest BCUT2D eigenvalue weighted by Gasteiger charge is -2.14. The predicted octanol–water partition coefficient (Wildman–Crippen LogP) is 2.93. The molecule has 5 nitrogen and oxygen atoms in total. The zero-order valence-corrected chi connectivity index (χ0v) is 16.1. The number of aliphatic imine (C=N–C) groups is 1. The summed E-state index contributed by atoms with van der Waals surface area (Å²) in [6.45, 7) is 8.12. The highest BCUT2D eigenvalue weighted by Gasteiger charge is 2.06. The maximum atomic E-state index is 4.59. The molecule has 0 aliphatic heterocycles. The number of aryl methyl sites for hydroxylation is 2. The van der Waals surface area contributed by atoms with Crippen LogP contribution < -0.4 is 10.6 Å². The molecule has 22 heavy (non-hydrogen) atoms. The minimum atomic E-state index is 0. The summed E-state index contributed by atoms with van der Waals surface area (Å²) in [5.41, 5.74) is 2.28. The smallest absolute Gasteiger partial charge is 0.191 e. The van der Waals surface area contributed by atoms with E-state index in [1.807, 2.05) is 6.07 Å². The SMILES string of the molecule is CN=C(NCCCn1c(C)nc2ccccc21)NC(C)C.I. The van der Waals surface area contributed by atoms with Crippen LogP contribution in [0.2, 0.25) is 0 Å². The van der Waals surface area contributed by atoms with Crippen molar-refractivity contribution in [1.29, 1.82) is 0 Å². The van der Waals surface area contributed by atoms with Crippen LogP contribution in [-0.2, 0) is 6.54 Å². The molecule has 1 aromatic carbocycles. The van der Waals surface area contributed by atoms with Crippen LogP contribution in [0.5, 0.6) is 0 Å². The maximum absolute atomic E-state index is 4.59. The van der Waals surface area contributed by atoms with Crippen LogP contribution in [0.15, 0.2) is 29.3 Å². The van der Waals surface area contributed by atoms with Gasteiger partial charge in [-0.15, -0.1) is 24.0 Å². The third-order valence-electron chi connectivity index (χ3n) is 3.35. The first-order chi connectivity index (χ1) is 10.1. The lowest BCUT2D eigenvalue weighted by Crippen LogP contribution is -2.41. The van der Waals surface area contributed by atoms with Crippen LogP contribution in [0.3, 0.4) is 0 Å². The summed E-state index contributed by atoms with van der Waals surface area (Å²) in [4.78, 5) is 8.79. The number of hydrogen-bond acceptors (Lipinski definition) is 2. The van der Waals surface area contributed by atoms with Gasteiger partial charge in [-0.05, 0) is 39.3 Å². The minimum Gasteiger partial charge on any atom is -0.356 e. The molecule has 1 aromatic heterocycles. The highest BCUT2D eigenvalue weighted by atomic mass is 127. The van der Waals surface area contributed by atoms with Crippen molar-refractivity contribution < 1.29 is 0 Å². The lowest BCUT2D eigenvalue weighted by atomic mass is 10.3. The fraction of sp³-hybridized carbons (Fsp3) is 0.500. The highest BCUT2D eigenvalue weighted by Crippen LogP contribution is 2.15. The van der Waals surface area contributed by atoms with Gasteiger partial charge in [0.1, 0.15) is 5.82 Å². The number of imidazole rings is 1. The number of nitrogens with one attached hydrogen (secondary N) is 2. The van der Waals surface area contributed by atoms with Gasteiger partial charge in [-0.1, -0.05) is 12.1 Å². The van der Waals surface area contributed by atoms with Crippen LogP contribution in [0.4, 0.5) is 0 Å². The summed E-state index contributed by atoms with van der Waals surface area (Å²) in [7, 11) is 1.80. The molecule has 0 aliphatic rings. The maximum Gasteiger partial charge on any atom is 0.191 e. The molecular formula is C16H26IN5. The van der Waals surface area contributed by atoms with Crippen LogP contribution in [0, 0.1) is 6.92 Å². The van der Waals surface area contributed by atoms with E-state index < -0.39 is 0 Å². The van der Waals surface area contributed by atoms with Crippen molar-refractivity contribution in [3.63, 3.8) is 0 Å². The van der Waals surface area contributed by atoms with Gasteiger partial charge in [0, 0.05) is 26.2 Å². The molecule has 1 heterocycles. The Kier molecular flexibility index (Phi) is 7.64. The Labute approximate surface area is 149 Å². The Balaban J connectivity index is 0.00000242. The van der Waals surface area contributed by atoms with Crippen molar-refractivity contribution in [2.75, 3.05) is 13.6 Å². The number of guanidine groups is 1. The van der Waals surface area contributed by atoms with E-state index in [0.717, 1.165) is 36.8 Å². The van der Waals surface area contributed by atoms with Crippen molar-refractivity contribution in [3.05, 3.63) is 30.1 Å². The summed E-state index contributed by atoms with van der Waals surface area (Å²) in [6.07, 6.45) is 1.03. The molecule has 2 rings (SSSR count). The molecule has 0 unspecified atom stereocenters. The van der Waals surface area contributed by atoms with Gasteiger partial charge in [-0.25, -0.2) is 4.98 Å². The third-order valence-corrected chi connectivity index (χ3v) is 3.35.